The predicted octanol–water partition coefficient (Wildman–Crippen LogP) is 1.95. The molecule has 0 spiro atoms. The number of nitrogens with one attached hydrogen (secondary N) is 1. The number of hydrogen-bond acceptors (Lipinski definition) is 1. The van der Waals surface area contributed by atoms with Crippen LogP contribution in [0.5, 0.6) is 0 Å². The average Bonchev–Trinajstić information content (AvgIpc) is 1.89. The van der Waals surface area contributed by atoms with E-state index in [9.17, 15) is 0 Å². The molecule has 0 aromatic rings. The van der Waals surface area contributed by atoms with E-state index in [0.717, 1.165) is 6.42 Å². The lowest BCUT2D eigenvalue weighted by molar-refractivity contribution is 0.439. The molecule has 1 N–H and O–H groups in total. The van der Waals surface area contributed by atoms with Gasteiger partial charge in [-0.25, -0.2) is 0 Å². The minimum absolute atomic E-state index is 0.148. The van der Waals surface area contributed by atoms with Crippen molar-refractivity contribution in [3.8, 4) is 0 Å². The van der Waals surface area contributed by atoms with Gasteiger partial charge in [-0.1, -0.05) is 19.4 Å². The second kappa shape index (κ2) is 3.67. The molecule has 0 aliphatic rings. The van der Waals surface area contributed by atoms with E-state index in [1.54, 1.807) is 0 Å². The van der Waals surface area contributed by atoms with Crippen LogP contribution < -0.4 is 5.32 Å². The van der Waals surface area contributed by atoms with Crippen LogP contribution in [0.2, 0.25) is 0 Å². The van der Waals surface area contributed by atoms with Crippen molar-refractivity contribution < 1.29 is 0 Å². The van der Waals surface area contributed by atoms with Gasteiger partial charge in [0.05, 0.1) is 0 Å². The Labute approximate surface area is 58.2 Å². The van der Waals surface area contributed by atoms with Crippen LogP contribution in [0, 0.1) is 0 Å². The molecule has 0 radical (unpaired) electrons. The van der Waals surface area contributed by atoms with Crippen molar-refractivity contribution in [3.63, 3.8) is 0 Å². The molecule has 0 bridgehead atoms. The monoisotopic (exact) mass is 127 g/mol. The van der Waals surface area contributed by atoms with Crippen molar-refractivity contribution in [2.24, 2.45) is 0 Å². The zero-order chi connectivity index (χ0) is 7.33. The third kappa shape index (κ3) is 2.66. The molecule has 54 valence electrons. The highest BCUT2D eigenvalue weighted by Gasteiger charge is 2.14. The van der Waals surface area contributed by atoms with Crippen molar-refractivity contribution in [3.05, 3.63) is 12.7 Å². The maximum Gasteiger partial charge on any atom is 0.0330 e. The third-order valence-corrected chi connectivity index (χ3v) is 1.79. The summed E-state index contributed by atoms with van der Waals surface area (Å²) in [6, 6.07) is 0. The Morgan fingerprint density at radius 1 is 1.67 bits per heavy atom. The molecule has 0 saturated carbocycles. The summed E-state index contributed by atoms with van der Waals surface area (Å²) in [5, 5.41) is 3.21. The molecule has 9 heavy (non-hydrogen) atoms. The van der Waals surface area contributed by atoms with Crippen molar-refractivity contribution in [1.29, 1.82) is 0 Å². The van der Waals surface area contributed by atoms with Gasteiger partial charge in [-0.15, -0.1) is 6.58 Å². The van der Waals surface area contributed by atoms with Gasteiger partial charge >= 0.3 is 0 Å². The smallest absolute Gasteiger partial charge is 0.0330 e. The Hall–Kier alpha value is -0.300. The molecule has 0 rings (SSSR count). The minimum Gasteiger partial charge on any atom is -0.311 e. The van der Waals surface area contributed by atoms with Crippen molar-refractivity contribution in [2.75, 3.05) is 7.05 Å². The molecule has 0 fully saturated rings. The van der Waals surface area contributed by atoms with Crippen LogP contribution in [0.25, 0.3) is 0 Å². The molecule has 0 aliphatic heterocycles. The Bertz CT molecular complexity index is 88.6. The second-order valence-electron chi connectivity index (χ2n) is 2.62. The summed E-state index contributed by atoms with van der Waals surface area (Å²) in [4.78, 5) is 0. The molecule has 0 aliphatic carbocycles. The largest absolute Gasteiger partial charge is 0.311 e. The lowest BCUT2D eigenvalue weighted by Crippen LogP contribution is -2.36. The van der Waals surface area contributed by atoms with Crippen molar-refractivity contribution in [1.82, 2.24) is 5.32 Å². The molecule has 0 amide bonds. The summed E-state index contributed by atoms with van der Waals surface area (Å²) in [7, 11) is 1.97. The van der Waals surface area contributed by atoms with Crippen LogP contribution in [0.4, 0.5) is 0 Å². The van der Waals surface area contributed by atoms with Crippen molar-refractivity contribution in [2.45, 2.75) is 32.2 Å². The first-order chi connectivity index (χ1) is 4.18. The Morgan fingerprint density at radius 2 is 2.22 bits per heavy atom. The lowest BCUT2D eigenvalue weighted by atomic mass is 9.97. The fourth-order valence-electron chi connectivity index (χ4n) is 0.848. The van der Waals surface area contributed by atoms with Crippen LogP contribution in [0.3, 0.4) is 0 Å². The highest BCUT2D eigenvalue weighted by atomic mass is 14.9. The maximum absolute atomic E-state index is 3.76. The first-order valence-electron chi connectivity index (χ1n) is 3.51. The van der Waals surface area contributed by atoms with E-state index in [0.29, 0.717) is 0 Å². The van der Waals surface area contributed by atoms with Gasteiger partial charge in [0.2, 0.25) is 0 Å². The van der Waals surface area contributed by atoms with Crippen LogP contribution in [0.15, 0.2) is 12.7 Å². The Kier molecular flexibility index (Phi) is 3.55. The molecule has 1 nitrogen and oxygen atoms in total. The fraction of sp³-hybridized carbons (Fsp3) is 0.750. The SMILES string of the molecule is C=CC(C)(CCC)NC. The van der Waals surface area contributed by atoms with Gasteiger partial charge in [0.1, 0.15) is 0 Å². The summed E-state index contributed by atoms with van der Waals surface area (Å²) in [5.74, 6) is 0. The number of rotatable bonds is 4. The standard InChI is InChI=1S/C8H17N/c1-5-7-8(3,6-2)9-4/h6,9H,2,5,7H2,1,3-4H3. The normalized spacial score (nSPS) is 16.8. The summed E-state index contributed by atoms with van der Waals surface area (Å²) >= 11 is 0. The highest BCUT2D eigenvalue weighted by Crippen LogP contribution is 2.11. The van der Waals surface area contributed by atoms with E-state index < -0.39 is 0 Å². The topological polar surface area (TPSA) is 12.0 Å². The van der Waals surface area contributed by atoms with E-state index in [-0.39, 0.29) is 5.54 Å². The molecule has 0 aromatic carbocycles. The predicted molar refractivity (Wildman–Crippen MR) is 42.6 cm³/mol. The summed E-state index contributed by atoms with van der Waals surface area (Å²) in [6.45, 7) is 8.10. The first kappa shape index (κ1) is 8.70. The van der Waals surface area contributed by atoms with Crippen molar-refractivity contribution >= 4 is 0 Å². The van der Waals surface area contributed by atoms with E-state index in [2.05, 4.69) is 25.7 Å². The highest BCUT2D eigenvalue weighted by molar-refractivity contribution is 4.97. The van der Waals surface area contributed by atoms with Crippen LogP contribution in [-0.2, 0) is 0 Å². The fourth-order valence-corrected chi connectivity index (χ4v) is 0.848. The van der Waals surface area contributed by atoms with Crippen LogP contribution in [0.1, 0.15) is 26.7 Å². The Balaban J connectivity index is 3.76. The quantitative estimate of drug-likeness (QED) is 0.569. The second-order valence-corrected chi connectivity index (χ2v) is 2.62. The van der Waals surface area contributed by atoms with E-state index in [4.69, 9.17) is 0 Å². The van der Waals surface area contributed by atoms with E-state index in [1.807, 2.05) is 13.1 Å². The molecule has 1 heteroatoms. The molecule has 1 atom stereocenters. The van der Waals surface area contributed by atoms with E-state index >= 15 is 0 Å². The summed E-state index contributed by atoms with van der Waals surface area (Å²) in [6.07, 6.45) is 4.33. The van der Waals surface area contributed by atoms with Gasteiger partial charge in [-0.05, 0) is 20.4 Å². The first-order valence-corrected chi connectivity index (χ1v) is 3.51. The zero-order valence-electron chi connectivity index (χ0n) is 6.70. The molecule has 0 heterocycles. The van der Waals surface area contributed by atoms with Gasteiger partial charge in [0, 0.05) is 5.54 Å². The maximum atomic E-state index is 3.76. The summed E-state index contributed by atoms with van der Waals surface area (Å²) in [5.41, 5.74) is 0.148. The van der Waals surface area contributed by atoms with Crippen LogP contribution >= 0.6 is 0 Å². The number of likely N-dealkylation sites (N-methyl/N-ethyl adjacent to an activating group) is 1. The molecular weight excluding hydrogens is 110 g/mol. The third-order valence-electron chi connectivity index (χ3n) is 1.79. The zero-order valence-corrected chi connectivity index (χ0v) is 6.70. The molecular formula is C8H17N. The Morgan fingerprint density at radius 3 is 2.33 bits per heavy atom. The summed E-state index contributed by atoms with van der Waals surface area (Å²) < 4.78 is 0. The van der Waals surface area contributed by atoms with Gasteiger partial charge in [-0.2, -0.15) is 0 Å². The van der Waals surface area contributed by atoms with Crippen LogP contribution in [-0.4, -0.2) is 12.6 Å². The van der Waals surface area contributed by atoms with Gasteiger partial charge in [-0.3, -0.25) is 0 Å². The van der Waals surface area contributed by atoms with E-state index in [1.165, 1.54) is 6.42 Å². The minimum atomic E-state index is 0.148. The van der Waals surface area contributed by atoms with Gasteiger partial charge < -0.3 is 5.32 Å². The molecule has 0 saturated heterocycles. The average molecular weight is 127 g/mol. The van der Waals surface area contributed by atoms with Gasteiger partial charge in [0.15, 0.2) is 0 Å². The lowest BCUT2D eigenvalue weighted by Gasteiger charge is -2.23. The molecule has 1 unspecified atom stereocenters. The molecule has 0 aromatic heterocycles. The van der Waals surface area contributed by atoms with Gasteiger partial charge in [0.25, 0.3) is 0 Å². The number of hydrogen-bond donors (Lipinski definition) is 1.